The number of allylic oxidation sites excluding steroid dienone is 1. The Balaban J connectivity index is 2.99. The Hall–Kier alpha value is -3.14. The predicted molar refractivity (Wildman–Crippen MR) is 115 cm³/mol. The van der Waals surface area contributed by atoms with Crippen molar-refractivity contribution in [2.45, 2.75) is 46.6 Å². The first-order valence-electron chi connectivity index (χ1n) is 9.73. The van der Waals surface area contributed by atoms with Crippen molar-refractivity contribution in [1.29, 1.82) is 0 Å². The minimum Gasteiger partial charge on any atom is -0.463 e. The van der Waals surface area contributed by atoms with E-state index in [1.54, 1.807) is 20.8 Å². The van der Waals surface area contributed by atoms with Gasteiger partial charge in [0.1, 0.15) is 5.82 Å². The molecule has 0 aromatic heterocycles. The van der Waals surface area contributed by atoms with E-state index in [1.165, 1.54) is 19.9 Å². The largest absolute Gasteiger partial charge is 0.463 e. The molecule has 0 aliphatic heterocycles. The number of hydrogen-bond donors (Lipinski definition) is 2. The van der Waals surface area contributed by atoms with Crippen molar-refractivity contribution in [2.75, 3.05) is 18.5 Å². The van der Waals surface area contributed by atoms with Crippen LogP contribution in [0.5, 0.6) is 0 Å². The monoisotopic (exact) mass is 472 g/mol. The number of ether oxygens (including phenoxy) is 3. The summed E-state index contributed by atoms with van der Waals surface area (Å²) in [5.74, 6) is -3.36. The summed E-state index contributed by atoms with van der Waals surface area (Å²) in [7, 11) is 0. The number of carbonyl (C=O) groups is 4. The number of alkyl carbamates (subject to hydrolysis) is 1. The molecule has 0 heterocycles. The highest BCUT2D eigenvalue weighted by molar-refractivity contribution is 6.33. The molecule has 0 saturated carbocycles. The maximum absolute atomic E-state index is 14.3. The number of rotatable bonds is 9. The van der Waals surface area contributed by atoms with Gasteiger partial charge in [0.2, 0.25) is 11.5 Å². The average Bonchev–Trinajstić information content (AvgIpc) is 2.69. The smallest absolute Gasteiger partial charge is 0.411 e. The quantitative estimate of drug-likeness (QED) is 0.412. The number of benzene rings is 1. The summed E-state index contributed by atoms with van der Waals surface area (Å²) in [4.78, 5) is 48.3. The molecular weight excluding hydrogens is 447 g/mol. The van der Waals surface area contributed by atoms with Gasteiger partial charge in [0, 0.05) is 5.70 Å². The van der Waals surface area contributed by atoms with Crippen molar-refractivity contribution in [3.63, 3.8) is 0 Å². The molecule has 1 aromatic rings. The predicted octanol–water partition coefficient (Wildman–Crippen LogP) is 3.96. The lowest BCUT2D eigenvalue weighted by atomic mass is 10.1. The first-order valence-corrected chi connectivity index (χ1v) is 10.1. The van der Waals surface area contributed by atoms with Crippen molar-refractivity contribution in [2.24, 2.45) is 0 Å². The zero-order valence-electron chi connectivity index (χ0n) is 18.5. The molecule has 0 bridgehead atoms. The minimum absolute atomic E-state index is 0.0898. The van der Waals surface area contributed by atoms with Gasteiger partial charge in [-0.15, -0.1) is 0 Å². The molecule has 9 nitrogen and oxygen atoms in total. The fourth-order valence-corrected chi connectivity index (χ4v) is 2.55. The molecule has 2 amide bonds. The van der Waals surface area contributed by atoms with Crippen LogP contribution >= 0.6 is 11.6 Å². The standard InChI is InChI=1S/C21H26ClFN2O7/c1-6-12(24-20(29)31-8-3)9-17(26)25-16-10-13(14(22)11-15(16)23)18(27)32-21(4,5)19(28)30-7-2/h6,10-11H,7-9H2,1-5H3,(H,24,29)(H,25,26). The van der Waals surface area contributed by atoms with Crippen LogP contribution in [0.25, 0.3) is 0 Å². The molecule has 0 fully saturated rings. The van der Waals surface area contributed by atoms with Gasteiger partial charge in [0.25, 0.3) is 0 Å². The van der Waals surface area contributed by atoms with Crippen LogP contribution in [0.15, 0.2) is 23.9 Å². The van der Waals surface area contributed by atoms with E-state index in [1.807, 2.05) is 0 Å². The summed E-state index contributed by atoms with van der Waals surface area (Å²) < 4.78 is 29.1. The van der Waals surface area contributed by atoms with Crippen LogP contribution in [0.4, 0.5) is 14.9 Å². The molecule has 32 heavy (non-hydrogen) atoms. The van der Waals surface area contributed by atoms with E-state index in [9.17, 15) is 23.6 Å². The Labute approximate surface area is 190 Å². The van der Waals surface area contributed by atoms with E-state index in [4.69, 9.17) is 25.8 Å². The first-order chi connectivity index (χ1) is 14.9. The molecule has 11 heteroatoms. The van der Waals surface area contributed by atoms with Gasteiger partial charge in [0.05, 0.1) is 35.9 Å². The number of carbonyl (C=O) groups excluding carboxylic acids is 4. The van der Waals surface area contributed by atoms with Gasteiger partial charge in [-0.3, -0.25) is 10.1 Å². The summed E-state index contributed by atoms with van der Waals surface area (Å²) in [5.41, 5.74) is -2.00. The highest BCUT2D eigenvalue weighted by atomic mass is 35.5. The molecule has 0 radical (unpaired) electrons. The van der Waals surface area contributed by atoms with E-state index >= 15 is 0 Å². The maximum atomic E-state index is 14.3. The second kappa shape index (κ2) is 12.0. The van der Waals surface area contributed by atoms with E-state index in [0.29, 0.717) is 0 Å². The molecule has 176 valence electrons. The van der Waals surface area contributed by atoms with Crippen LogP contribution in [-0.4, -0.2) is 42.8 Å². The van der Waals surface area contributed by atoms with Crippen LogP contribution in [-0.2, 0) is 23.8 Å². The molecule has 0 aliphatic carbocycles. The van der Waals surface area contributed by atoms with E-state index in [0.717, 1.165) is 12.1 Å². The Bertz CT molecular complexity index is 916. The third-order valence-corrected chi connectivity index (χ3v) is 4.22. The van der Waals surface area contributed by atoms with Crippen molar-refractivity contribution in [3.05, 3.63) is 40.3 Å². The fraction of sp³-hybridized carbons (Fsp3) is 0.429. The van der Waals surface area contributed by atoms with Gasteiger partial charge in [-0.25, -0.2) is 18.8 Å². The topological polar surface area (TPSA) is 120 Å². The van der Waals surface area contributed by atoms with Gasteiger partial charge in [-0.2, -0.15) is 0 Å². The van der Waals surface area contributed by atoms with Gasteiger partial charge < -0.3 is 19.5 Å². The Morgan fingerprint density at radius 1 is 1.12 bits per heavy atom. The zero-order chi connectivity index (χ0) is 24.5. The van der Waals surface area contributed by atoms with Gasteiger partial charge in [0.15, 0.2) is 0 Å². The number of anilines is 1. The van der Waals surface area contributed by atoms with Crippen LogP contribution in [0.1, 0.15) is 51.4 Å². The molecule has 1 aromatic carbocycles. The number of esters is 2. The normalized spacial score (nSPS) is 11.4. The third-order valence-electron chi connectivity index (χ3n) is 3.90. The molecule has 2 N–H and O–H groups in total. The van der Waals surface area contributed by atoms with E-state index < -0.39 is 35.4 Å². The second-order valence-electron chi connectivity index (χ2n) is 6.82. The van der Waals surface area contributed by atoms with Gasteiger partial charge >= 0.3 is 18.0 Å². The SMILES string of the molecule is CC=C(CC(=O)Nc1cc(C(=O)OC(C)(C)C(=O)OCC)c(Cl)cc1F)NC(=O)OCC. The number of amides is 2. The highest BCUT2D eigenvalue weighted by Gasteiger charge is 2.34. The molecule has 0 atom stereocenters. The summed E-state index contributed by atoms with van der Waals surface area (Å²) in [6, 6.07) is 1.83. The minimum atomic E-state index is -1.62. The molecule has 1 rings (SSSR count). The summed E-state index contributed by atoms with van der Waals surface area (Å²) >= 11 is 5.96. The Morgan fingerprint density at radius 3 is 2.31 bits per heavy atom. The van der Waals surface area contributed by atoms with Crippen molar-refractivity contribution < 1.29 is 37.8 Å². The Morgan fingerprint density at radius 2 is 1.75 bits per heavy atom. The van der Waals surface area contributed by atoms with Gasteiger partial charge in [-0.05, 0) is 46.8 Å². The molecule has 0 saturated heterocycles. The third kappa shape index (κ3) is 7.84. The van der Waals surface area contributed by atoms with E-state index in [2.05, 4.69) is 10.6 Å². The van der Waals surface area contributed by atoms with Crippen LogP contribution < -0.4 is 10.6 Å². The summed E-state index contributed by atoms with van der Waals surface area (Å²) in [6.07, 6.45) is 0.447. The number of nitrogens with one attached hydrogen (secondary N) is 2. The number of hydrogen-bond acceptors (Lipinski definition) is 7. The van der Waals surface area contributed by atoms with Crippen molar-refractivity contribution in [3.8, 4) is 0 Å². The summed E-state index contributed by atoms with van der Waals surface area (Å²) in [6.45, 7) is 7.72. The highest BCUT2D eigenvalue weighted by Crippen LogP contribution is 2.27. The summed E-state index contributed by atoms with van der Waals surface area (Å²) in [5, 5.41) is 4.42. The van der Waals surface area contributed by atoms with Crippen LogP contribution in [0.3, 0.4) is 0 Å². The molecular formula is C21H26ClFN2O7. The van der Waals surface area contributed by atoms with Crippen LogP contribution in [0.2, 0.25) is 5.02 Å². The Kier molecular flexibility index (Phi) is 10.1. The molecule has 0 aliphatic rings. The number of halogens is 2. The maximum Gasteiger partial charge on any atom is 0.411 e. The lowest BCUT2D eigenvalue weighted by Crippen LogP contribution is -2.38. The van der Waals surface area contributed by atoms with Crippen LogP contribution in [0, 0.1) is 5.82 Å². The van der Waals surface area contributed by atoms with E-state index in [-0.39, 0.29) is 41.6 Å². The lowest BCUT2D eigenvalue weighted by molar-refractivity contribution is -0.162. The van der Waals surface area contributed by atoms with Gasteiger partial charge in [-0.1, -0.05) is 17.7 Å². The molecule has 0 spiro atoms. The van der Waals surface area contributed by atoms with Crippen molar-refractivity contribution in [1.82, 2.24) is 5.32 Å². The lowest BCUT2D eigenvalue weighted by Gasteiger charge is -2.23. The first kappa shape index (κ1) is 26.9. The van der Waals surface area contributed by atoms with Crippen molar-refractivity contribution >= 4 is 41.2 Å². The zero-order valence-corrected chi connectivity index (χ0v) is 19.2. The molecule has 0 unspecified atom stereocenters. The average molecular weight is 473 g/mol. The fourth-order valence-electron chi connectivity index (χ4n) is 2.32. The second-order valence-corrected chi connectivity index (χ2v) is 7.22.